The molecule has 23 heavy (non-hydrogen) atoms. The number of fused-ring (bicyclic) bond motifs is 1. The predicted molar refractivity (Wildman–Crippen MR) is 83.4 cm³/mol. The van der Waals surface area contributed by atoms with Crippen molar-refractivity contribution in [2.45, 2.75) is 11.7 Å². The maximum absolute atomic E-state index is 12.6. The third-order valence-corrected chi connectivity index (χ3v) is 6.90. The molecule has 120 valence electrons. The van der Waals surface area contributed by atoms with Crippen molar-refractivity contribution in [1.82, 2.24) is 20.1 Å². The Labute approximate surface area is 133 Å². The van der Waals surface area contributed by atoms with Crippen LogP contribution < -0.4 is 0 Å². The van der Waals surface area contributed by atoms with Gasteiger partial charge in [-0.25, -0.2) is 8.42 Å². The molecule has 1 N–H and O–H groups in total. The van der Waals surface area contributed by atoms with Crippen LogP contribution in [0.4, 0.5) is 0 Å². The molecule has 1 amide bonds. The molecule has 0 spiro atoms. The molecular formula is C15H16N4O3S. The first-order valence-corrected chi connectivity index (χ1v) is 9.24. The summed E-state index contributed by atoms with van der Waals surface area (Å²) in [6.07, 6.45) is 2.32. The monoisotopic (exact) mass is 332 g/mol. The summed E-state index contributed by atoms with van der Waals surface area (Å²) in [6.45, 7) is 0.782. The summed E-state index contributed by atoms with van der Waals surface area (Å²) < 4.78 is 23.9. The van der Waals surface area contributed by atoms with E-state index in [1.54, 1.807) is 17.2 Å². The smallest absolute Gasteiger partial charge is 0.271 e. The summed E-state index contributed by atoms with van der Waals surface area (Å²) in [4.78, 5) is 18.4. The fraction of sp³-hybridized carbons (Fsp3) is 0.400. The second kappa shape index (κ2) is 5.16. The molecule has 2 aliphatic rings. The van der Waals surface area contributed by atoms with Crippen molar-refractivity contribution in [1.29, 1.82) is 0 Å². The molecule has 0 unspecified atom stereocenters. The standard InChI is InChI=1S/C15H16N4O3S/c20-15(19-8-10-4-6-23(21,22)14(10)9-19)13-7-12(17-18-13)11-3-1-2-5-16-11/h1-3,5,7,10,14H,4,6,8-9H2,(H,17,18)/t10-,14+/m0/s1. The normalized spacial score (nSPS) is 25.5. The number of sulfone groups is 1. The molecule has 2 aromatic heterocycles. The quantitative estimate of drug-likeness (QED) is 0.874. The maximum Gasteiger partial charge on any atom is 0.271 e. The van der Waals surface area contributed by atoms with Gasteiger partial charge in [-0.3, -0.25) is 14.9 Å². The largest absolute Gasteiger partial charge is 0.336 e. The Morgan fingerprint density at radius 1 is 1.26 bits per heavy atom. The van der Waals surface area contributed by atoms with Crippen molar-refractivity contribution >= 4 is 15.7 Å². The van der Waals surface area contributed by atoms with E-state index >= 15 is 0 Å². The van der Waals surface area contributed by atoms with Gasteiger partial charge in [0.15, 0.2) is 9.84 Å². The molecule has 0 radical (unpaired) electrons. The Kier molecular flexibility index (Phi) is 3.22. The van der Waals surface area contributed by atoms with E-state index < -0.39 is 15.1 Å². The number of carbonyl (C=O) groups excluding carboxylic acids is 1. The Hall–Kier alpha value is -2.22. The Bertz CT molecular complexity index is 847. The summed E-state index contributed by atoms with van der Waals surface area (Å²) in [5.41, 5.74) is 1.65. The van der Waals surface area contributed by atoms with E-state index in [1.165, 1.54) is 0 Å². The maximum atomic E-state index is 12.6. The van der Waals surface area contributed by atoms with Crippen LogP contribution in [-0.2, 0) is 9.84 Å². The average Bonchev–Trinajstić information content (AvgIpc) is 3.25. The molecule has 2 fully saturated rings. The fourth-order valence-corrected chi connectivity index (χ4v) is 5.56. The van der Waals surface area contributed by atoms with E-state index in [0.29, 0.717) is 30.0 Å². The van der Waals surface area contributed by atoms with Crippen LogP contribution >= 0.6 is 0 Å². The molecule has 0 bridgehead atoms. The van der Waals surface area contributed by atoms with Gasteiger partial charge in [0.1, 0.15) is 11.4 Å². The van der Waals surface area contributed by atoms with Gasteiger partial charge >= 0.3 is 0 Å². The third kappa shape index (κ3) is 2.42. The highest BCUT2D eigenvalue weighted by atomic mass is 32.2. The minimum Gasteiger partial charge on any atom is -0.336 e. The van der Waals surface area contributed by atoms with Gasteiger partial charge < -0.3 is 4.90 Å². The van der Waals surface area contributed by atoms with Crippen LogP contribution in [0.1, 0.15) is 16.9 Å². The van der Waals surface area contributed by atoms with Crippen molar-refractivity contribution in [3.05, 3.63) is 36.2 Å². The molecule has 2 aromatic rings. The van der Waals surface area contributed by atoms with E-state index in [-0.39, 0.29) is 24.1 Å². The first-order chi connectivity index (χ1) is 11.0. The molecule has 7 nitrogen and oxygen atoms in total. The van der Waals surface area contributed by atoms with Gasteiger partial charge in [-0.2, -0.15) is 5.10 Å². The van der Waals surface area contributed by atoms with Crippen LogP contribution in [0, 0.1) is 5.92 Å². The number of H-pyrrole nitrogens is 1. The molecule has 2 saturated heterocycles. The summed E-state index contributed by atoms with van der Waals surface area (Å²) >= 11 is 0. The Morgan fingerprint density at radius 2 is 2.13 bits per heavy atom. The summed E-state index contributed by atoms with van der Waals surface area (Å²) in [6, 6.07) is 7.14. The van der Waals surface area contributed by atoms with Crippen molar-refractivity contribution in [2.24, 2.45) is 5.92 Å². The minimum absolute atomic E-state index is 0.0714. The van der Waals surface area contributed by atoms with E-state index in [4.69, 9.17) is 0 Å². The lowest BCUT2D eigenvalue weighted by Crippen LogP contribution is -2.32. The number of hydrogen-bond acceptors (Lipinski definition) is 5. The summed E-state index contributed by atoms with van der Waals surface area (Å²) in [7, 11) is -3.04. The number of likely N-dealkylation sites (tertiary alicyclic amines) is 1. The van der Waals surface area contributed by atoms with E-state index in [1.807, 2.05) is 18.2 Å². The summed E-state index contributed by atoms with van der Waals surface area (Å²) in [5, 5.41) is 6.46. The second-order valence-corrected chi connectivity index (χ2v) is 8.39. The number of hydrogen-bond donors (Lipinski definition) is 1. The lowest BCUT2D eigenvalue weighted by molar-refractivity contribution is 0.0781. The van der Waals surface area contributed by atoms with Gasteiger partial charge in [-0.15, -0.1) is 0 Å². The number of aromatic nitrogens is 3. The number of carbonyl (C=O) groups is 1. The van der Waals surface area contributed by atoms with Gasteiger partial charge in [0.25, 0.3) is 5.91 Å². The summed E-state index contributed by atoms with van der Waals surface area (Å²) in [5.74, 6) is 0.115. The predicted octanol–water partition coefficient (Wildman–Crippen LogP) is 0.731. The SMILES string of the molecule is O=C(c1cc(-c2ccccn2)n[nH]1)N1C[C@@H]2CCS(=O)(=O)[C@@H]2C1. The van der Waals surface area contributed by atoms with Crippen molar-refractivity contribution in [3.8, 4) is 11.4 Å². The van der Waals surface area contributed by atoms with Crippen LogP contribution in [-0.4, -0.2) is 58.5 Å². The van der Waals surface area contributed by atoms with E-state index in [0.717, 1.165) is 0 Å². The van der Waals surface area contributed by atoms with Gasteiger partial charge in [-0.05, 0) is 30.5 Å². The zero-order chi connectivity index (χ0) is 16.0. The highest BCUT2D eigenvalue weighted by Gasteiger charge is 2.47. The van der Waals surface area contributed by atoms with E-state index in [2.05, 4.69) is 15.2 Å². The number of pyridine rings is 1. The van der Waals surface area contributed by atoms with Crippen LogP contribution in [0.2, 0.25) is 0 Å². The van der Waals surface area contributed by atoms with Crippen LogP contribution in [0.25, 0.3) is 11.4 Å². The second-order valence-electron chi connectivity index (χ2n) is 6.05. The van der Waals surface area contributed by atoms with Gasteiger partial charge in [0.2, 0.25) is 0 Å². The third-order valence-electron chi connectivity index (χ3n) is 4.64. The molecule has 0 saturated carbocycles. The number of nitrogens with one attached hydrogen (secondary N) is 1. The van der Waals surface area contributed by atoms with Gasteiger partial charge in [0, 0.05) is 19.3 Å². The molecule has 4 heterocycles. The lowest BCUT2D eigenvalue weighted by Gasteiger charge is -2.15. The molecular weight excluding hydrogens is 316 g/mol. The first kappa shape index (κ1) is 14.4. The van der Waals surface area contributed by atoms with E-state index in [9.17, 15) is 13.2 Å². The molecule has 2 aliphatic heterocycles. The molecule has 2 atom stereocenters. The van der Waals surface area contributed by atoms with Crippen molar-refractivity contribution < 1.29 is 13.2 Å². The zero-order valence-electron chi connectivity index (χ0n) is 12.3. The zero-order valence-corrected chi connectivity index (χ0v) is 13.2. The van der Waals surface area contributed by atoms with Crippen LogP contribution in [0.5, 0.6) is 0 Å². The number of aromatic amines is 1. The minimum atomic E-state index is -3.04. The van der Waals surface area contributed by atoms with Crippen molar-refractivity contribution in [3.63, 3.8) is 0 Å². The lowest BCUT2D eigenvalue weighted by atomic mass is 10.1. The first-order valence-electron chi connectivity index (χ1n) is 7.52. The fourth-order valence-electron chi connectivity index (χ4n) is 3.41. The van der Waals surface area contributed by atoms with Crippen LogP contribution in [0.15, 0.2) is 30.5 Å². The average molecular weight is 332 g/mol. The molecule has 0 aliphatic carbocycles. The highest BCUT2D eigenvalue weighted by molar-refractivity contribution is 7.92. The molecule has 8 heteroatoms. The topological polar surface area (TPSA) is 96.0 Å². The number of nitrogens with zero attached hydrogens (tertiary/aromatic N) is 3. The molecule has 0 aromatic carbocycles. The number of rotatable bonds is 2. The highest BCUT2D eigenvalue weighted by Crippen LogP contribution is 2.34. The van der Waals surface area contributed by atoms with Gasteiger partial charge in [0.05, 0.1) is 16.7 Å². The van der Waals surface area contributed by atoms with Crippen molar-refractivity contribution in [2.75, 3.05) is 18.8 Å². The van der Waals surface area contributed by atoms with Crippen LogP contribution in [0.3, 0.4) is 0 Å². The van der Waals surface area contributed by atoms with Gasteiger partial charge in [-0.1, -0.05) is 6.07 Å². The number of amides is 1. The Morgan fingerprint density at radius 3 is 2.87 bits per heavy atom. The Balaban J connectivity index is 1.54. The molecule has 4 rings (SSSR count).